The van der Waals surface area contributed by atoms with E-state index in [0.717, 1.165) is 0 Å². The molecule has 5 rings (SSSR count). The largest absolute Gasteiger partial charge is 0.497 e. The van der Waals surface area contributed by atoms with Gasteiger partial charge in [0.1, 0.15) is 18.4 Å². The molecule has 3 aromatic rings. The number of esters is 2. The molecular weight excluding hydrogens is 757 g/mol. The molecule has 0 spiro atoms. The van der Waals surface area contributed by atoms with Crippen molar-refractivity contribution in [1.82, 2.24) is 5.32 Å². The van der Waals surface area contributed by atoms with Crippen LogP contribution in [0.3, 0.4) is 0 Å². The van der Waals surface area contributed by atoms with Gasteiger partial charge >= 0.3 is 23.8 Å². The lowest BCUT2D eigenvalue weighted by Crippen LogP contribution is -2.47. The van der Waals surface area contributed by atoms with E-state index in [1.807, 2.05) is 13.8 Å². The van der Waals surface area contributed by atoms with Gasteiger partial charge in [-0.15, -0.1) is 0 Å². The minimum atomic E-state index is -2.19. The van der Waals surface area contributed by atoms with Crippen molar-refractivity contribution in [3.8, 4) is 34.5 Å². The van der Waals surface area contributed by atoms with E-state index in [9.17, 15) is 14.4 Å². The number of cyclic esters (lactones) is 1. The number of carbonyl (C=O) groups excluding carboxylic acids is 3. The van der Waals surface area contributed by atoms with Crippen LogP contribution in [0.5, 0.6) is 34.5 Å². The zero-order valence-corrected chi connectivity index (χ0v) is 32.0. The maximum Gasteiger partial charge on any atom is 0.411 e. The van der Waals surface area contributed by atoms with Crippen molar-refractivity contribution in [3.63, 3.8) is 0 Å². The average molecular weight is 795 g/mol. The number of fused-ring (bicyclic) bond motifs is 1. The lowest BCUT2D eigenvalue weighted by molar-refractivity contribution is -0.185. The molecule has 3 aromatic carbocycles. The molecule has 284 valence electrons. The highest BCUT2D eigenvalue weighted by atomic mass is 35.6. The SMILES string of the molecule is COc1ccc(C2(OC(=O)NC(CC(C)C)C(=O)OCC(Cl)(Cl)Cl)OC(=O)C(c3ccc4c(c3)OCO4)=C2Cc2cc(OC)c(OC)c(OC)c2)cc1. The normalized spacial score (nSPS) is 16.9. The van der Waals surface area contributed by atoms with Crippen molar-refractivity contribution >= 4 is 58.4 Å². The Kier molecular flexibility index (Phi) is 12.3. The Balaban J connectivity index is 1.67. The number of carbonyl (C=O) groups is 3. The molecule has 53 heavy (non-hydrogen) atoms. The first kappa shape index (κ1) is 39.5. The Bertz CT molecular complexity index is 1850. The molecule has 0 aromatic heterocycles. The summed E-state index contributed by atoms with van der Waals surface area (Å²) in [5.74, 6) is -1.55. The van der Waals surface area contributed by atoms with Crippen molar-refractivity contribution in [3.05, 3.63) is 76.9 Å². The van der Waals surface area contributed by atoms with E-state index in [-0.39, 0.29) is 42.3 Å². The summed E-state index contributed by atoms with van der Waals surface area (Å²) < 4.78 is 48.9. The Morgan fingerprint density at radius 1 is 0.887 bits per heavy atom. The van der Waals surface area contributed by atoms with Gasteiger partial charge in [0.2, 0.25) is 16.3 Å². The summed E-state index contributed by atoms with van der Waals surface area (Å²) in [5.41, 5.74) is 1.52. The van der Waals surface area contributed by atoms with Gasteiger partial charge in [-0.1, -0.05) is 54.7 Å². The number of alkyl halides is 3. The molecule has 0 fully saturated rings. The Morgan fingerprint density at radius 3 is 2.13 bits per heavy atom. The van der Waals surface area contributed by atoms with Gasteiger partial charge < -0.3 is 47.9 Å². The van der Waals surface area contributed by atoms with Gasteiger partial charge in [0.25, 0.3) is 0 Å². The topological polar surface area (TPSA) is 146 Å². The number of alkyl carbamates (subject to hydrolysis) is 1. The zero-order valence-electron chi connectivity index (χ0n) is 29.7. The van der Waals surface area contributed by atoms with Crippen LogP contribution in [0.25, 0.3) is 5.57 Å². The summed E-state index contributed by atoms with van der Waals surface area (Å²) in [5, 5.41) is 2.57. The highest BCUT2D eigenvalue weighted by Crippen LogP contribution is 2.50. The standard InChI is InChI=1S/C37H38Cl3NO12/c1-20(2)13-26(33(42)49-18-36(38,39)40)41-35(44)53-37(23-8-10-24(45-3)11-9-23)25(14-21-15-29(46-4)32(48-6)30(16-21)47-5)31(34(43)52-37)22-7-12-27-28(17-22)51-19-50-27/h7-12,15-17,20,26H,13-14,18-19H2,1-6H3,(H,41,44). The summed E-state index contributed by atoms with van der Waals surface area (Å²) in [6.07, 6.45) is -1.02. The quantitative estimate of drug-likeness (QED) is 0.134. The molecule has 2 aliphatic rings. The lowest BCUT2D eigenvalue weighted by Gasteiger charge is -2.32. The molecule has 2 atom stereocenters. The first-order valence-electron chi connectivity index (χ1n) is 16.2. The van der Waals surface area contributed by atoms with Gasteiger partial charge in [0.05, 0.1) is 34.0 Å². The molecule has 0 radical (unpaired) electrons. The maximum atomic E-state index is 14.2. The average Bonchev–Trinajstić information content (AvgIpc) is 3.70. The number of halogens is 3. The predicted molar refractivity (Wildman–Crippen MR) is 194 cm³/mol. The summed E-state index contributed by atoms with van der Waals surface area (Å²) in [4.78, 5) is 41.4. The van der Waals surface area contributed by atoms with Gasteiger partial charge in [0.15, 0.2) is 23.0 Å². The van der Waals surface area contributed by atoms with Crippen LogP contribution in [0.2, 0.25) is 0 Å². The monoisotopic (exact) mass is 793 g/mol. The van der Waals surface area contributed by atoms with E-state index in [0.29, 0.717) is 45.6 Å². The van der Waals surface area contributed by atoms with Crippen LogP contribution < -0.4 is 33.7 Å². The Labute approximate surface area is 321 Å². The number of hydrogen-bond donors (Lipinski definition) is 1. The molecule has 2 heterocycles. The second kappa shape index (κ2) is 16.5. The highest BCUT2D eigenvalue weighted by molar-refractivity contribution is 6.67. The molecule has 16 heteroatoms. The molecule has 1 N–H and O–H groups in total. The number of nitrogens with one attached hydrogen (secondary N) is 1. The van der Waals surface area contributed by atoms with E-state index < -0.39 is 40.3 Å². The van der Waals surface area contributed by atoms with Crippen molar-refractivity contribution in [2.75, 3.05) is 41.8 Å². The van der Waals surface area contributed by atoms with E-state index in [1.165, 1.54) is 28.4 Å². The van der Waals surface area contributed by atoms with E-state index in [2.05, 4.69) is 5.32 Å². The van der Waals surface area contributed by atoms with Gasteiger partial charge in [-0.2, -0.15) is 0 Å². The third-order valence-corrected chi connectivity index (χ3v) is 8.60. The molecular formula is C37H38Cl3NO12. The summed E-state index contributed by atoms with van der Waals surface area (Å²) in [6.45, 7) is 3.13. The van der Waals surface area contributed by atoms with Crippen LogP contribution >= 0.6 is 34.8 Å². The Morgan fingerprint density at radius 2 is 1.55 bits per heavy atom. The Hall–Kier alpha value is -4.72. The fourth-order valence-electron chi connectivity index (χ4n) is 5.95. The minimum Gasteiger partial charge on any atom is -0.497 e. The van der Waals surface area contributed by atoms with Crippen LogP contribution in [0, 0.1) is 5.92 Å². The van der Waals surface area contributed by atoms with E-state index in [4.69, 9.17) is 77.4 Å². The van der Waals surface area contributed by atoms with Crippen molar-refractivity contribution in [1.29, 1.82) is 0 Å². The highest BCUT2D eigenvalue weighted by Gasteiger charge is 2.53. The van der Waals surface area contributed by atoms with Crippen molar-refractivity contribution < 1.29 is 57.0 Å². The molecule has 0 aliphatic carbocycles. The van der Waals surface area contributed by atoms with Crippen LogP contribution in [0.15, 0.2) is 60.2 Å². The maximum absolute atomic E-state index is 14.2. The number of rotatable bonds is 14. The molecule has 0 saturated heterocycles. The summed E-state index contributed by atoms with van der Waals surface area (Å²) in [7, 11) is 5.92. The van der Waals surface area contributed by atoms with Crippen molar-refractivity contribution in [2.45, 2.75) is 42.3 Å². The van der Waals surface area contributed by atoms with Crippen LogP contribution in [0.1, 0.15) is 37.0 Å². The van der Waals surface area contributed by atoms with Crippen LogP contribution in [-0.4, -0.2) is 69.7 Å². The number of ether oxygens (including phenoxy) is 9. The third-order valence-electron chi connectivity index (χ3n) is 8.27. The molecule has 0 bridgehead atoms. The summed E-state index contributed by atoms with van der Waals surface area (Å²) >= 11 is 17.4. The first-order valence-corrected chi connectivity index (χ1v) is 17.4. The number of hydrogen-bond acceptors (Lipinski definition) is 12. The van der Waals surface area contributed by atoms with Gasteiger partial charge in [0, 0.05) is 17.6 Å². The molecule has 2 aliphatic heterocycles. The number of benzene rings is 3. The number of methoxy groups -OCH3 is 4. The fraction of sp³-hybridized carbons (Fsp3) is 0.378. The van der Waals surface area contributed by atoms with Crippen LogP contribution in [0.4, 0.5) is 4.79 Å². The van der Waals surface area contributed by atoms with Gasteiger partial charge in [-0.3, -0.25) is 0 Å². The van der Waals surface area contributed by atoms with Gasteiger partial charge in [-0.25, -0.2) is 14.4 Å². The lowest BCUT2D eigenvalue weighted by atomic mass is 9.87. The fourth-order valence-corrected chi connectivity index (χ4v) is 6.11. The smallest absolute Gasteiger partial charge is 0.411 e. The number of amides is 1. The second-order valence-corrected chi connectivity index (χ2v) is 14.8. The minimum absolute atomic E-state index is 0.00127. The van der Waals surface area contributed by atoms with E-state index >= 15 is 0 Å². The van der Waals surface area contributed by atoms with Crippen LogP contribution in [-0.2, 0) is 36.0 Å². The molecule has 0 saturated carbocycles. The van der Waals surface area contributed by atoms with Crippen molar-refractivity contribution in [2.24, 2.45) is 5.92 Å². The second-order valence-electron chi connectivity index (χ2n) is 12.3. The molecule has 13 nitrogen and oxygen atoms in total. The predicted octanol–water partition coefficient (Wildman–Crippen LogP) is 6.91. The van der Waals surface area contributed by atoms with Gasteiger partial charge in [-0.05, 0) is 72.0 Å². The molecule has 1 amide bonds. The molecule has 2 unspecified atom stereocenters. The zero-order chi connectivity index (χ0) is 38.5. The summed E-state index contributed by atoms with van der Waals surface area (Å²) in [6, 6.07) is 13.6. The third kappa shape index (κ3) is 8.91. The van der Waals surface area contributed by atoms with E-state index in [1.54, 1.807) is 54.6 Å². The first-order chi connectivity index (χ1) is 25.2.